The zero-order valence-corrected chi connectivity index (χ0v) is 12.9. The summed E-state index contributed by atoms with van der Waals surface area (Å²) in [5.41, 5.74) is -0.482. The minimum Gasteiger partial charge on any atom is -0.492 e. The summed E-state index contributed by atoms with van der Waals surface area (Å²) in [4.78, 5) is 33.0. The van der Waals surface area contributed by atoms with Gasteiger partial charge in [-0.2, -0.15) is 0 Å². The second-order valence-corrected chi connectivity index (χ2v) is 5.11. The van der Waals surface area contributed by atoms with Crippen LogP contribution >= 0.6 is 0 Å². The highest BCUT2D eigenvalue weighted by Gasteiger charge is 2.12. The average molecular weight is 312 g/mol. The van der Waals surface area contributed by atoms with Crippen LogP contribution in [-0.4, -0.2) is 25.7 Å². The van der Waals surface area contributed by atoms with Gasteiger partial charge in [0, 0.05) is 13.2 Å². The number of ether oxygens (including phenoxy) is 1. The second-order valence-electron chi connectivity index (χ2n) is 5.11. The number of nitrogens with zero attached hydrogens (tertiary/aromatic N) is 4. The number of hydrogen-bond acceptors (Lipinski definition) is 5. The van der Waals surface area contributed by atoms with Crippen LogP contribution in [0.5, 0.6) is 5.75 Å². The molecule has 118 valence electrons. The molecule has 0 aliphatic heterocycles. The molecule has 7 nitrogen and oxygen atoms in total. The first-order valence-corrected chi connectivity index (χ1v) is 7.19. The molecule has 0 N–H and O–H groups in total. The standard InChI is InChI=1S/C16H16N4O3/c1-11-17-10-13-14(18-11)19(2)16(22)20(15(13)21)8-9-23-12-6-4-3-5-7-12/h3-7,10H,8-9H2,1-2H3. The Hall–Kier alpha value is -2.96. The fraction of sp³-hybridized carbons (Fsp3) is 0.250. The molecule has 7 heteroatoms. The lowest BCUT2D eigenvalue weighted by molar-refractivity contribution is 0.293. The van der Waals surface area contributed by atoms with Crippen LogP contribution in [0, 0.1) is 6.92 Å². The first-order valence-electron chi connectivity index (χ1n) is 7.19. The highest BCUT2D eigenvalue weighted by atomic mass is 16.5. The van der Waals surface area contributed by atoms with E-state index in [-0.39, 0.29) is 13.2 Å². The van der Waals surface area contributed by atoms with Crippen molar-refractivity contribution in [2.24, 2.45) is 7.05 Å². The Morgan fingerprint density at radius 2 is 1.91 bits per heavy atom. The van der Waals surface area contributed by atoms with E-state index >= 15 is 0 Å². The molecule has 2 aromatic heterocycles. The molecule has 0 amide bonds. The zero-order chi connectivity index (χ0) is 16.4. The van der Waals surface area contributed by atoms with E-state index in [1.165, 1.54) is 10.8 Å². The number of para-hydroxylation sites is 1. The lowest BCUT2D eigenvalue weighted by atomic mass is 10.3. The van der Waals surface area contributed by atoms with Gasteiger partial charge in [-0.05, 0) is 19.1 Å². The molecule has 0 aliphatic rings. The maximum Gasteiger partial charge on any atom is 0.332 e. The molecule has 0 unspecified atom stereocenters. The van der Waals surface area contributed by atoms with E-state index in [4.69, 9.17) is 4.74 Å². The highest BCUT2D eigenvalue weighted by molar-refractivity contribution is 5.72. The third-order valence-electron chi connectivity index (χ3n) is 3.53. The summed E-state index contributed by atoms with van der Waals surface area (Å²) in [5, 5.41) is 0.317. The lowest BCUT2D eigenvalue weighted by Gasteiger charge is -2.11. The Labute approximate surface area is 131 Å². The van der Waals surface area contributed by atoms with Crippen LogP contribution in [0.4, 0.5) is 0 Å². The van der Waals surface area contributed by atoms with Crippen LogP contribution in [-0.2, 0) is 13.6 Å². The lowest BCUT2D eigenvalue weighted by Crippen LogP contribution is -2.40. The summed E-state index contributed by atoms with van der Waals surface area (Å²) >= 11 is 0. The van der Waals surface area contributed by atoms with Crippen molar-refractivity contribution in [1.82, 2.24) is 19.1 Å². The quantitative estimate of drug-likeness (QED) is 0.714. The third-order valence-corrected chi connectivity index (χ3v) is 3.53. The van der Waals surface area contributed by atoms with Gasteiger partial charge in [-0.1, -0.05) is 18.2 Å². The van der Waals surface area contributed by atoms with Crippen LogP contribution in [0.15, 0.2) is 46.1 Å². The molecule has 0 saturated carbocycles. The van der Waals surface area contributed by atoms with E-state index in [2.05, 4.69) is 9.97 Å². The minimum atomic E-state index is -0.419. The fourth-order valence-electron chi connectivity index (χ4n) is 2.34. The van der Waals surface area contributed by atoms with E-state index in [1.807, 2.05) is 30.3 Å². The van der Waals surface area contributed by atoms with Crippen molar-refractivity contribution in [1.29, 1.82) is 0 Å². The Morgan fingerprint density at radius 3 is 2.65 bits per heavy atom. The predicted molar refractivity (Wildman–Crippen MR) is 85.7 cm³/mol. The Balaban J connectivity index is 1.93. The summed E-state index contributed by atoms with van der Waals surface area (Å²) < 4.78 is 8.05. The van der Waals surface area contributed by atoms with Crippen LogP contribution in [0.2, 0.25) is 0 Å². The smallest absolute Gasteiger partial charge is 0.332 e. The van der Waals surface area contributed by atoms with Gasteiger partial charge in [0.05, 0.1) is 6.54 Å². The molecular weight excluding hydrogens is 296 g/mol. The number of rotatable bonds is 4. The number of hydrogen-bond donors (Lipinski definition) is 0. The van der Waals surface area contributed by atoms with Gasteiger partial charge in [-0.15, -0.1) is 0 Å². The summed E-state index contributed by atoms with van der Waals surface area (Å²) in [6.07, 6.45) is 1.45. The van der Waals surface area contributed by atoms with Crippen LogP contribution in [0.3, 0.4) is 0 Å². The normalized spacial score (nSPS) is 10.9. The molecule has 2 heterocycles. The largest absolute Gasteiger partial charge is 0.492 e. The molecular formula is C16H16N4O3. The second kappa shape index (κ2) is 6.04. The molecule has 0 fully saturated rings. The van der Waals surface area contributed by atoms with Crippen molar-refractivity contribution in [3.05, 3.63) is 63.2 Å². The Kier molecular flexibility index (Phi) is 3.92. The predicted octanol–water partition coefficient (Wildman–Crippen LogP) is 0.878. The van der Waals surface area contributed by atoms with Gasteiger partial charge in [0.2, 0.25) is 0 Å². The molecule has 0 atom stereocenters. The van der Waals surface area contributed by atoms with Gasteiger partial charge < -0.3 is 4.74 Å². The molecule has 0 spiro atoms. The van der Waals surface area contributed by atoms with E-state index in [9.17, 15) is 9.59 Å². The van der Waals surface area contributed by atoms with E-state index in [0.29, 0.717) is 22.6 Å². The van der Waals surface area contributed by atoms with E-state index < -0.39 is 11.2 Å². The number of fused-ring (bicyclic) bond motifs is 1. The Bertz CT molecular complexity index is 961. The first kappa shape index (κ1) is 15.0. The molecule has 0 bridgehead atoms. The average Bonchev–Trinajstić information content (AvgIpc) is 2.57. The third kappa shape index (κ3) is 2.85. The minimum absolute atomic E-state index is 0.157. The summed E-state index contributed by atoms with van der Waals surface area (Å²) in [5.74, 6) is 1.20. The van der Waals surface area contributed by atoms with Gasteiger partial charge in [0.1, 0.15) is 23.6 Å². The van der Waals surface area contributed by atoms with Crippen molar-refractivity contribution < 1.29 is 4.74 Å². The highest BCUT2D eigenvalue weighted by Crippen LogP contribution is 2.08. The summed E-state index contributed by atoms with van der Waals surface area (Å²) in [6.45, 7) is 2.09. The van der Waals surface area contributed by atoms with E-state index in [0.717, 1.165) is 4.57 Å². The number of aryl methyl sites for hydroxylation is 2. The van der Waals surface area contributed by atoms with Crippen molar-refractivity contribution in [3.63, 3.8) is 0 Å². The van der Waals surface area contributed by atoms with Crippen molar-refractivity contribution in [2.45, 2.75) is 13.5 Å². The molecule has 0 saturated heterocycles. The summed E-state index contributed by atoms with van der Waals surface area (Å²) in [7, 11) is 1.59. The molecule has 0 aliphatic carbocycles. The van der Waals surface area contributed by atoms with Crippen LogP contribution in [0.1, 0.15) is 5.82 Å². The van der Waals surface area contributed by atoms with Gasteiger partial charge in [0.15, 0.2) is 5.65 Å². The van der Waals surface area contributed by atoms with Gasteiger partial charge in [-0.3, -0.25) is 13.9 Å². The molecule has 3 rings (SSSR count). The van der Waals surface area contributed by atoms with Gasteiger partial charge in [0.25, 0.3) is 5.56 Å². The first-order chi connectivity index (χ1) is 11.1. The zero-order valence-electron chi connectivity index (χ0n) is 12.9. The summed E-state index contributed by atoms with van der Waals surface area (Å²) in [6, 6.07) is 9.24. The fourth-order valence-corrected chi connectivity index (χ4v) is 2.34. The van der Waals surface area contributed by atoms with Crippen LogP contribution in [0.25, 0.3) is 11.0 Å². The molecule has 23 heavy (non-hydrogen) atoms. The maximum absolute atomic E-state index is 12.5. The maximum atomic E-state index is 12.5. The molecule has 0 radical (unpaired) electrons. The molecule has 1 aromatic carbocycles. The number of aromatic nitrogens is 4. The van der Waals surface area contributed by atoms with Crippen molar-refractivity contribution >= 4 is 11.0 Å². The monoisotopic (exact) mass is 312 g/mol. The van der Waals surface area contributed by atoms with E-state index in [1.54, 1.807) is 14.0 Å². The van der Waals surface area contributed by atoms with Crippen molar-refractivity contribution in [2.75, 3.05) is 6.61 Å². The van der Waals surface area contributed by atoms with Crippen molar-refractivity contribution in [3.8, 4) is 5.75 Å². The topological polar surface area (TPSA) is 79.0 Å². The molecule has 3 aromatic rings. The Morgan fingerprint density at radius 1 is 1.17 bits per heavy atom. The SMILES string of the molecule is Cc1ncc2c(=O)n(CCOc3ccccc3)c(=O)n(C)c2n1. The van der Waals surface area contributed by atoms with Gasteiger partial charge >= 0.3 is 5.69 Å². The van der Waals surface area contributed by atoms with Gasteiger partial charge in [-0.25, -0.2) is 14.8 Å². The number of benzene rings is 1. The van der Waals surface area contributed by atoms with Crippen LogP contribution < -0.4 is 16.0 Å².